The van der Waals surface area contributed by atoms with Gasteiger partial charge in [0.05, 0.1) is 16.3 Å². The maximum atomic E-state index is 13.8. The number of ether oxygens (including phenoxy) is 1. The van der Waals surface area contributed by atoms with E-state index in [0.717, 1.165) is 6.42 Å². The van der Waals surface area contributed by atoms with Crippen molar-refractivity contribution in [3.8, 4) is 0 Å². The number of hydrogen-bond acceptors (Lipinski definition) is 4. The van der Waals surface area contributed by atoms with Crippen molar-refractivity contribution in [3.63, 3.8) is 0 Å². The van der Waals surface area contributed by atoms with Gasteiger partial charge in [-0.3, -0.25) is 4.79 Å². The second-order valence-electron chi connectivity index (χ2n) is 4.77. The third-order valence-electron chi connectivity index (χ3n) is 3.18. The lowest BCUT2D eigenvalue weighted by Crippen LogP contribution is -2.35. The fraction of sp³-hybridized carbons (Fsp3) is 0.467. The van der Waals surface area contributed by atoms with Crippen molar-refractivity contribution in [1.82, 2.24) is 5.32 Å². The van der Waals surface area contributed by atoms with E-state index >= 15 is 0 Å². The first kappa shape index (κ1) is 16.7. The lowest BCUT2D eigenvalue weighted by Gasteiger charge is -2.09. The summed E-state index contributed by atoms with van der Waals surface area (Å²) in [7, 11) is 0. The molecule has 120 valence electrons. The van der Waals surface area contributed by atoms with Crippen LogP contribution in [0, 0.1) is 5.82 Å². The molecular weight excluding hydrogens is 311 g/mol. The summed E-state index contributed by atoms with van der Waals surface area (Å²) >= 11 is 5.98. The molecule has 0 spiro atoms. The minimum absolute atomic E-state index is 0.191. The Kier molecular flexibility index (Phi) is 6.15. The Labute approximate surface area is 133 Å². The summed E-state index contributed by atoms with van der Waals surface area (Å²) in [6.45, 7) is 3.65. The van der Waals surface area contributed by atoms with E-state index in [1.165, 1.54) is 12.1 Å². The second-order valence-corrected chi connectivity index (χ2v) is 5.18. The van der Waals surface area contributed by atoms with Crippen LogP contribution in [0.4, 0.5) is 4.39 Å². The lowest BCUT2D eigenvalue weighted by atomic mass is 10.0. The van der Waals surface area contributed by atoms with E-state index in [4.69, 9.17) is 21.2 Å². The molecule has 0 aromatic heterocycles. The molecule has 7 heteroatoms. The van der Waals surface area contributed by atoms with Gasteiger partial charge in [0.2, 0.25) is 6.10 Å². The Morgan fingerprint density at radius 3 is 3.14 bits per heavy atom. The average Bonchev–Trinajstić information content (AvgIpc) is 2.96. The summed E-state index contributed by atoms with van der Waals surface area (Å²) in [5, 5.41) is 6.79. The van der Waals surface area contributed by atoms with Crippen LogP contribution < -0.4 is 5.32 Å². The van der Waals surface area contributed by atoms with Crippen molar-refractivity contribution in [1.29, 1.82) is 0 Å². The largest absolute Gasteiger partial charge is 0.382 e. The lowest BCUT2D eigenvalue weighted by molar-refractivity contribution is -0.131. The smallest absolute Gasteiger partial charge is 0.264 e. The van der Waals surface area contributed by atoms with Crippen LogP contribution in [-0.2, 0) is 14.4 Å². The second kappa shape index (κ2) is 8.10. The van der Waals surface area contributed by atoms with Crippen LogP contribution in [0.15, 0.2) is 23.4 Å². The average molecular weight is 329 g/mol. The molecular formula is C15H18ClFN2O3. The van der Waals surface area contributed by atoms with Gasteiger partial charge in [-0.2, -0.15) is 0 Å². The molecule has 22 heavy (non-hydrogen) atoms. The number of carbonyl (C=O) groups excluding carboxylic acids is 1. The van der Waals surface area contributed by atoms with Crippen molar-refractivity contribution in [2.45, 2.75) is 25.9 Å². The van der Waals surface area contributed by atoms with E-state index in [2.05, 4.69) is 10.5 Å². The molecule has 5 nitrogen and oxygen atoms in total. The van der Waals surface area contributed by atoms with Gasteiger partial charge < -0.3 is 14.9 Å². The van der Waals surface area contributed by atoms with Gasteiger partial charge in [0, 0.05) is 26.2 Å². The Balaban J connectivity index is 1.85. The highest BCUT2D eigenvalue weighted by Crippen LogP contribution is 2.25. The standard InChI is InChI=1S/C15H18ClFN2O3/c1-2-21-8-4-7-18-15(20)13-9-12(19-22-13)14-10(16)5-3-6-11(14)17/h3,5-6,13H,2,4,7-9H2,1H3,(H,18,20). The van der Waals surface area contributed by atoms with Crippen LogP contribution in [0.5, 0.6) is 0 Å². The van der Waals surface area contributed by atoms with Gasteiger partial charge in [0.15, 0.2) is 0 Å². The Hall–Kier alpha value is -1.66. The number of nitrogens with zero attached hydrogens (tertiary/aromatic N) is 1. The van der Waals surface area contributed by atoms with Crippen LogP contribution in [0.2, 0.25) is 5.02 Å². The molecule has 0 saturated carbocycles. The van der Waals surface area contributed by atoms with E-state index < -0.39 is 11.9 Å². The highest BCUT2D eigenvalue weighted by atomic mass is 35.5. The van der Waals surface area contributed by atoms with Gasteiger partial charge in [0.25, 0.3) is 5.91 Å². The van der Waals surface area contributed by atoms with Crippen LogP contribution in [0.1, 0.15) is 25.3 Å². The van der Waals surface area contributed by atoms with Crippen molar-refractivity contribution in [2.24, 2.45) is 5.16 Å². The van der Waals surface area contributed by atoms with Gasteiger partial charge in [-0.15, -0.1) is 0 Å². The van der Waals surface area contributed by atoms with Crippen molar-refractivity contribution in [2.75, 3.05) is 19.8 Å². The van der Waals surface area contributed by atoms with Crippen molar-refractivity contribution in [3.05, 3.63) is 34.6 Å². The van der Waals surface area contributed by atoms with Gasteiger partial charge in [-0.25, -0.2) is 4.39 Å². The zero-order valence-electron chi connectivity index (χ0n) is 12.3. The molecule has 1 aliphatic heterocycles. The minimum Gasteiger partial charge on any atom is -0.382 e. The van der Waals surface area contributed by atoms with E-state index in [1.54, 1.807) is 6.07 Å². The zero-order chi connectivity index (χ0) is 15.9. The summed E-state index contributed by atoms with van der Waals surface area (Å²) in [6, 6.07) is 4.38. The first-order valence-corrected chi connectivity index (χ1v) is 7.53. The van der Waals surface area contributed by atoms with Crippen LogP contribution in [-0.4, -0.2) is 37.5 Å². The molecule has 1 amide bonds. The molecule has 0 saturated heterocycles. The zero-order valence-corrected chi connectivity index (χ0v) is 13.0. The number of benzene rings is 1. The maximum absolute atomic E-state index is 13.8. The first-order chi connectivity index (χ1) is 10.6. The summed E-state index contributed by atoms with van der Waals surface area (Å²) in [5.74, 6) is -0.754. The molecule has 1 N–H and O–H groups in total. The van der Waals surface area contributed by atoms with Crippen LogP contribution in [0.25, 0.3) is 0 Å². The molecule has 1 aromatic rings. The summed E-state index contributed by atoms with van der Waals surface area (Å²) in [5.41, 5.74) is 0.536. The minimum atomic E-state index is -0.752. The Morgan fingerprint density at radius 1 is 1.59 bits per heavy atom. The number of hydrogen-bond donors (Lipinski definition) is 1. The quantitative estimate of drug-likeness (QED) is 0.782. The van der Waals surface area contributed by atoms with Gasteiger partial charge in [0.1, 0.15) is 5.82 Å². The Bertz CT molecular complexity index is 545. The summed E-state index contributed by atoms with van der Waals surface area (Å²) < 4.78 is 19.0. The SMILES string of the molecule is CCOCCCNC(=O)C1CC(c2c(F)cccc2Cl)=NO1. The summed E-state index contributed by atoms with van der Waals surface area (Å²) in [6.07, 6.45) is 0.162. The highest BCUT2D eigenvalue weighted by Gasteiger charge is 2.30. The monoisotopic (exact) mass is 328 g/mol. The molecule has 2 rings (SSSR count). The van der Waals surface area contributed by atoms with Gasteiger partial charge in [-0.05, 0) is 25.5 Å². The molecule has 1 heterocycles. The molecule has 1 unspecified atom stereocenters. The summed E-state index contributed by atoms with van der Waals surface area (Å²) in [4.78, 5) is 17.0. The maximum Gasteiger partial charge on any atom is 0.264 e. The highest BCUT2D eigenvalue weighted by molar-refractivity contribution is 6.34. The molecule has 1 aromatic carbocycles. The number of oxime groups is 1. The topological polar surface area (TPSA) is 59.9 Å². The number of halogens is 2. The number of amides is 1. The van der Waals surface area contributed by atoms with E-state index in [0.29, 0.717) is 25.5 Å². The third kappa shape index (κ3) is 4.18. The van der Waals surface area contributed by atoms with Crippen molar-refractivity contribution >= 4 is 23.2 Å². The molecule has 0 aliphatic carbocycles. The van der Waals surface area contributed by atoms with Crippen molar-refractivity contribution < 1.29 is 18.8 Å². The van der Waals surface area contributed by atoms with Gasteiger partial charge >= 0.3 is 0 Å². The fourth-order valence-electron chi connectivity index (χ4n) is 2.08. The van der Waals surface area contributed by atoms with Crippen LogP contribution in [0.3, 0.4) is 0 Å². The predicted octanol–water partition coefficient (Wildman–Crippen LogP) is 2.51. The van der Waals surface area contributed by atoms with E-state index in [9.17, 15) is 9.18 Å². The normalized spacial score (nSPS) is 17.0. The molecule has 0 radical (unpaired) electrons. The number of carbonyl (C=O) groups is 1. The molecule has 1 atom stereocenters. The fourth-order valence-corrected chi connectivity index (χ4v) is 2.36. The third-order valence-corrected chi connectivity index (χ3v) is 3.50. The first-order valence-electron chi connectivity index (χ1n) is 7.16. The number of rotatable bonds is 7. The van der Waals surface area contributed by atoms with Crippen LogP contribution >= 0.6 is 11.6 Å². The number of nitrogens with one attached hydrogen (secondary N) is 1. The van der Waals surface area contributed by atoms with E-state index in [-0.39, 0.29) is 22.9 Å². The molecule has 0 bridgehead atoms. The predicted molar refractivity (Wildman–Crippen MR) is 81.6 cm³/mol. The Morgan fingerprint density at radius 2 is 2.41 bits per heavy atom. The van der Waals surface area contributed by atoms with Gasteiger partial charge in [-0.1, -0.05) is 22.8 Å². The molecule has 1 aliphatic rings. The molecule has 0 fully saturated rings. The van der Waals surface area contributed by atoms with E-state index in [1.807, 2.05) is 6.92 Å².